The van der Waals surface area contributed by atoms with Crippen molar-refractivity contribution in [2.75, 3.05) is 19.6 Å². The third-order valence-corrected chi connectivity index (χ3v) is 6.64. The molecule has 0 aromatic heterocycles. The Kier molecular flexibility index (Phi) is 17.8. The van der Waals surface area contributed by atoms with E-state index < -0.39 is 17.9 Å². The van der Waals surface area contributed by atoms with Gasteiger partial charge in [-0.15, -0.1) is 48.0 Å². The normalized spacial score (nSPS) is 11.5. The number of carbonyl (C=O) groups is 2. The van der Waals surface area contributed by atoms with E-state index in [0.29, 0.717) is 51.4 Å². The molecule has 0 aliphatic carbocycles. The fourth-order valence-corrected chi connectivity index (χ4v) is 4.70. The van der Waals surface area contributed by atoms with E-state index >= 15 is 0 Å². The molecular formula is C32H43I2N5O3. The van der Waals surface area contributed by atoms with Gasteiger partial charge in [-0.05, 0) is 61.9 Å². The lowest BCUT2D eigenvalue weighted by molar-refractivity contribution is -0.123. The first-order chi connectivity index (χ1) is 19.4. The highest BCUT2D eigenvalue weighted by Gasteiger charge is 2.27. The van der Waals surface area contributed by atoms with Crippen LogP contribution in [0.3, 0.4) is 0 Å². The molecule has 0 aliphatic rings. The average molecular weight is 800 g/mol. The Morgan fingerprint density at radius 3 is 1.93 bits per heavy atom. The second kappa shape index (κ2) is 20.1. The molecule has 8 nitrogen and oxygen atoms in total. The van der Waals surface area contributed by atoms with E-state index in [1.165, 1.54) is 0 Å². The number of rotatable bonds is 14. The molecule has 42 heavy (non-hydrogen) atoms. The molecule has 0 heterocycles. The van der Waals surface area contributed by atoms with Crippen molar-refractivity contribution >= 4 is 65.7 Å². The molecule has 0 saturated carbocycles. The summed E-state index contributed by atoms with van der Waals surface area (Å²) in [5.74, 6) is -0.0852. The Bertz CT molecular complexity index is 1190. The molecule has 0 radical (unpaired) electrons. The van der Waals surface area contributed by atoms with Gasteiger partial charge in [0.25, 0.3) is 0 Å². The molecule has 5 N–H and O–H groups in total. The molecule has 2 amide bonds. The molecular weight excluding hydrogens is 756 g/mol. The largest absolute Gasteiger partial charge is 0.508 e. The lowest BCUT2D eigenvalue weighted by Crippen LogP contribution is -2.52. The smallest absolute Gasteiger partial charge is 0.240 e. The fraction of sp³-hybridized carbons (Fsp3) is 0.344. The van der Waals surface area contributed by atoms with Crippen LogP contribution in [0, 0.1) is 0 Å². The summed E-state index contributed by atoms with van der Waals surface area (Å²) in [6.07, 6.45) is 1.89. The molecule has 0 saturated heterocycles. The SMILES string of the molecule is CCN=C(NCC)N(Cc1ccc(O)cc1)[C@H](CCCCNC(=O)C(c1ccccc1)c1ccccc1)C(N)=O.I.I. The van der Waals surface area contributed by atoms with Crippen LogP contribution in [0.4, 0.5) is 0 Å². The fourth-order valence-electron chi connectivity index (χ4n) is 4.70. The summed E-state index contributed by atoms with van der Waals surface area (Å²) in [6, 6.07) is 25.8. The topological polar surface area (TPSA) is 120 Å². The first kappa shape index (κ1) is 37.2. The van der Waals surface area contributed by atoms with Gasteiger partial charge in [-0.2, -0.15) is 0 Å². The van der Waals surface area contributed by atoms with Crippen molar-refractivity contribution in [3.63, 3.8) is 0 Å². The molecule has 1 atom stereocenters. The summed E-state index contributed by atoms with van der Waals surface area (Å²) in [5, 5.41) is 16.0. The zero-order valence-electron chi connectivity index (χ0n) is 24.2. The number of guanidine groups is 1. The van der Waals surface area contributed by atoms with Crippen LogP contribution < -0.4 is 16.4 Å². The molecule has 3 aromatic carbocycles. The maximum Gasteiger partial charge on any atom is 0.240 e. The first-order valence-corrected chi connectivity index (χ1v) is 13.9. The van der Waals surface area contributed by atoms with Gasteiger partial charge in [0.15, 0.2) is 5.96 Å². The zero-order valence-corrected chi connectivity index (χ0v) is 28.9. The van der Waals surface area contributed by atoms with Crippen molar-refractivity contribution in [2.24, 2.45) is 10.7 Å². The van der Waals surface area contributed by atoms with Crippen LogP contribution >= 0.6 is 48.0 Å². The number of hydrogen-bond donors (Lipinski definition) is 4. The van der Waals surface area contributed by atoms with Gasteiger partial charge in [-0.3, -0.25) is 14.6 Å². The van der Waals surface area contributed by atoms with Gasteiger partial charge in [-0.1, -0.05) is 72.8 Å². The van der Waals surface area contributed by atoms with Crippen molar-refractivity contribution in [2.45, 2.75) is 51.6 Å². The number of primary amides is 1. The Balaban J connectivity index is 0.00000441. The average Bonchev–Trinajstić information content (AvgIpc) is 2.96. The van der Waals surface area contributed by atoms with Gasteiger partial charge < -0.3 is 26.4 Å². The number of aliphatic imine (C=N–C) groups is 1. The Morgan fingerprint density at radius 2 is 1.43 bits per heavy atom. The summed E-state index contributed by atoms with van der Waals surface area (Å²) in [6.45, 7) is 6.01. The van der Waals surface area contributed by atoms with Crippen molar-refractivity contribution in [3.05, 3.63) is 102 Å². The van der Waals surface area contributed by atoms with Gasteiger partial charge >= 0.3 is 0 Å². The van der Waals surface area contributed by atoms with Crippen molar-refractivity contribution in [1.82, 2.24) is 15.5 Å². The summed E-state index contributed by atoms with van der Waals surface area (Å²) >= 11 is 0. The second-order valence-corrected chi connectivity index (χ2v) is 9.58. The van der Waals surface area contributed by atoms with Crippen molar-refractivity contribution in [3.8, 4) is 5.75 Å². The summed E-state index contributed by atoms with van der Waals surface area (Å²) in [7, 11) is 0. The highest BCUT2D eigenvalue weighted by molar-refractivity contribution is 14.0. The number of nitrogens with one attached hydrogen (secondary N) is 2. The van der Waals surface area contributed by atoms with Gasteiger partial charge in [-0.25, -0.2) is 0 Å². The highest BCUT2D eigenvalue weighted by atomic mass is 127. The highest BCUT2D eigenvalue weighted by Crippen LogP contribution is 2.25. The number of unbranched alkanes of at least 4 members (excludes halogenated alkanes) is 1. The minimum absolute atomic E-state index is 0. The number of amides is 2. The van der Waals surface area contributed by atoms with Crippen LogP contribution in [-0.4, -0.2) is 53.5 Å². The van der Waals surface area contributed by atoms with Gasteiger partial charge in [0.2, 0.25) is 11.8 Å². The summed E-state index contributed by atoms with van der Waals surface area (Å²) in [5.41, 5.74) is 8.71. The number of halogens is 2. The second-order valence-electron chi connectivity index (χ2n) is 9.58. The quantitative estimate of drug-likeness (QED) is 0.0756. The first-order valence-electron chi connectivity index (χ1n) is 13.9. The Hall–Kier alpha value is -2.87. The van der Waals surface area contributed by atoms with Crippen molar-refractivity contribution < 1.29 is 14.7 Å². The van der Waals surface area contributed by atoms with E-state index in [4.69, 9.17) is 5.73 Å². The van der Waals surface area contributed by atoms with Crippen LogP contribution in [0.25, 0.3) is 0 Å². The van der Waals surface area contributed by atoms with Crippen LogP contribution in [0.5, 0.6) is 5.75 Å². The lowest BCUT2D eigenvalue weighted by atomic mass is 9.90. The summed E-state index contributed by atoms with van der Waals surface area (Å²) in [4.78, 5) is 32.4. The molecule has 0 spiro atoms. The molecule has 228 valence electrons. The third kappa shape index (κ3) is 11.4. The van der Waals surface area contributed by atoms with E-state index in [0.717, 1.165) is 16.7 Å². The number of carbonyl (C=O) groups excluding carboxylic acids is 2. The summed E-state index contributed by atoms with van der Waals surface area (Å²) < 4.78 is 0. The van der Waals surface area contributed by atoms with Crippen LogP contribution in [-0.2, 0) is 16.1 Å². The third-order valence-electron chi connectivity index (χ3n) is 6.64. The number of benzene rings is 3. The molecule has 0 fully saturated rings. The van der Waals surface area contributed by atoms with Gasteiger partial charge in [0.1, 0.15) is 11.8 Å². The lowest BCUT2D eigenvalue weighted by Gasteiger charge is -2.33. The molecule has 0 unspecified atom stereocenters. The van der Waals surface area contributed by atoms with Gasteiger partial charge in [0.05, 0.1) is 5.92 Å². The number of aromatic hydroxyl groups is 1. The molecule has 3 aromatic rings. The maximum atomic E-state index is 13.3. The zero-order chi connectivity index (χ0) is 28.7. The predicted molar refractivity (Wildman–Crippen MR) is 191 cm³/mol. The molecule has 3 rings (SSSR count). The molecule has 0 bridgehead atoms. The van der Waals surface area contributed by atoms with E-state index in [1.54, 1.807) is 12.1 Å². The van der Waals surface area contributed by atoms with E-state index in [-0.39, 0.29) is 59.6 Å². The van der Waals surface area contributed by atoms with Gasteiger partial charge in [0, 0.05) is 26.2 Å². The number of nitrogens with zero attached hydrogens (tertiary/aromatic N) is 2. The van der Waals surface area contributed by atoms with E-state index in [2.05, 4.69) is 15.6 Å². The van der Waals surface area contributed by atoms with Crippen molar-refractivity contribution in [1.29, 1.82) is 0 Å². The number of phenols is 1. The molecule has 10 heteroatoms. The standard InChI is InChI=1S/C32H41N5O3.2HI/c1-3-34-32(35-4-2)37(23-24-18-20-27(38)21-19-24)28(30(33)39)17-11-12-22-36-31(40)29(25-13-7-5-8-14-25)26-15-9-6-10-16-26;;/h5-10,13-16,18-21,28-29,38H,3-4,11-12,17,22-23H2,1-2H3,(H2,33,39)(H,34,35)(H,36,40);2*1H/t28-;;/m1../s1. The number of hydrogen-bond acceptors (Lipinski definition) is 4. The Morgan fingerprint density at radius 1 is 0.857 bits per heavy atom. The van der Waals surface area contributed by atoms with Crippen LogP contribution in [0.1, 0.15) is 55.7 Å². The minimum atomic E-state index is -0.588. The number of nitrogens with two attached hydrogens (primary N) is 1. The Labute approximate surface area is 283 Å². The predicted octanol–water partition coefficient (Wildman–Crippen LogP) is 5.39. The minimum Gasteiger partial charge on any atom is -0.508 e. The van der Waals surface area contributed by atoms with E-state index in [9.17, 15) is 14.7 Å². The number of phenolic OH excluding ortho intramolecular Hbond substituents is 1. The van der Waals surface area contributed by atoms with E-state index in [1.807, 2.05) is 91.5 Å². The maximum absolute atomic E-state index is 13.3. The van der Waals surface area contributed by atoms with Crippen LogP contribution in [0.15, 0.2) is 89.9 Å². The monoisotopic (exact) mass is 799 g/mol. The molecule has 0 aliphatic heterocycles. The van der Waals surface area contributed by atoms with Crippen LogP contribution in [0.2, 0.25) is 0 Å².